The predicted octanol–water partition coefficient (Wildman–Crippen LogP) is 3.77. The van der Waals surface area contributed by atoms with Crippen LogP contribution in [-0.4, -0.2) is 59.9 Å². The molecule has 0 aromatic heterocycles. The third kappa shape index (κ3) is 4.64. The zero-order valence-corrected chi connectivity index (χ0v) is 18.6. The monoisotopic (exact) mass is 422 g/mol. The lowest BCUT2D eigenvalue weighted by Crippen LogP contribution is -2.38. The average molecular weight is 423 g/mol. The molecule has 6 heteroatoms. The molecule has 1 amide bonds. The molecular formula is C25H30N2O4. The maximum atomic E-state index is 13.0. The summed E-state index contributed by atoms with van der Waals surface area (Å²) in [5.74, 6) is -0.755. The highest BCUT2D eigenvalue weighted by Gasteiger charge is 2.45. The van der Waals surface area contributed by atoms with Gasteiger partial charge in [0.1, 0.15) is 11.5 Å². The topological polar surface area (TPSA) is 70.1 Å². The van der Waals surface area contributed by atoms with E-state index in [0.29, 0.717) is 24.4 Å². The summed E-state index contributed by atoms with van der Waals surface area (Å²) in [5, 5.41) is 11.1. The molecule has 0 unspecified atom stereocenters. The van der Waals surface area contributed by atoms with Gasteiger partial charge in [0.25, 0.3) is 11.7 Å². The molecule has 0 bridgehead atoms. The molecule has 3 rings (SSSR count). The fraction of sp³-hybridized carbons (Fsp3) is 0.360. The molecule has 31 heavy (non-hydrogen) atoms. The van der Waals surface area contributed by atoms with Gasteiger partial charge in [-0.1, -0.05) is 43.7 Å². The summed E-state index contributed by atoms with van der Waals surface area (Å²) >= 11 is 0. The van der Waals surface area contributed by atoms with Crippen molar-refractivity contribution < 1.29 is 19.4 Å². The number of Topliss-reactive ketones (excluding diaryl/α,β-unsaturated/α-hetero) is 1. The molecule has 0 aliphatic carbocycles. The molecule has 1 aliphatic heterocycles. The minimum absolute atomic E-state index is 0.124. The number of carbonyl (C=O) groups excluding carboxylic acids is 2. The maximum Gasteiger partial charge on any atom is 0.295 e. The summed E-state index contributed by atoms with van der Waals surface area (Å²) in [6.45, 7) is 8.91. The number of ketones is 1. The highest BCUT2D eigenvalue weighted by Crippen LogP contribution is 2.39. The molecule has 0 spiro atoms. The first-order valence-corrected chi connectivity index (χ1v) is 10.6. The number of aryl methyl sites for hydroxylation is 1. The SMILES string of the molecule is CCN(CC)CCN1C(=O)C(=O)/C(=C(/O)c2ccc(OC)cc2)[C@@H]1c1ccc(C)cc1. The fourth-order valence-electron chi connectivity index (χ4n) is 3.90. The zero-order chi connectivity index (χ0) is 22.5. The Morgan fingerprint density at radius 3 is 2.19 bits per heavy atom. The van der Waals surface area contributed by atoms with E-state index in [0.717, 1.165) is 24.2 Å². The van der Waals surface area contributed by atoms with E-state index >= 15 is 0 Å². The number of aliphatic hydroxyl groups is 1. The number of ether oxygens (including phenoxy) is 1. The smallest absolute Gasteiger partial charge is 0.295 e. The predicted molar refractivity (Wildman–Crippen MR) is 121 cm³/mol. The second kappa shape index (κ2) is 9.79. The minimum atomic E-state index is -0.654. The van der Waals surface area contributed by atoms with Crippen LogP contribution in [-0.2, 0) is 9.59 Å². The number of likely N-dealkylation sites (tertiary alicyclic amines) is 1. The highest BCUT2D eigenvalue weighted by molar-refractivity contribution is 6.46. The number of hydrogen-bond donors (Lipinski definition) is 1. The van der Waals surface area contributed by atoms with Crippen molar-refractivity contribution in [2.75, 3.05) is 33.3 Å². The van der Waals surface area contributed by atoms with E-state index in [2.05, 4.69) is 18.7 Å². The van der Waals surface area contributed by atoms with Crippen LogP contribution >= 0.6 is 0 Å². The summed E-state index contributed by atoms with van der Waals surface area (Å²) in [7, 11) is 1.56. The van der Waals surface area contributed by atoms with E-state index in [1.165, 1.54) is 0 Å². The van der Waals surface area contributed by atoms with Gasteiger partial charge in [-0.2, -0.15) is 0 Å². The maximum absolute atomic E-state index is 13.0. The van der Waals surface area contributed by atoms with E-state index in [9.17, 15) is 14.7 Å². The van der Waals surface area contributed by atoms with Gasteiger partial charge in [0.15, 0.2) is 0 Å². The number of carbonyl (C=O) groups is 2. The molecule has 1 heterocycles. The molecule has 1 saturated heterocycles. The van der Waals surface area contributed by atoms with Crippen LogP contribution in [0.25, 0.3) is 5.76 Å². The van der Waals surface area contributed by atoms with Crippen molar-refractivity contribution in [1.29, 1.82) is 0 Å². The number of hydrogen-bond acceptors (Lipinski definition) is 5. The fourth-order valence-corrected chi connectivity index (χ4v) is 3.90. The first-order chi connectivity index (χ1) is 14.9. The average Bonchev–Trinajstić information content (AvgIpc) is 3.05. The van der Waals surface area contributed by atoms with Crippen molar-refractivity contribution >= 4 is 17.4 Å². The van der Waals surface area contributed by atoms with Gasteiger partial charge in [-0.05, 0) is 49.8 Å². The van der Waals surface area contributed by atoms with E-state index < -0.39 is 17.7 Å². The van der Waals surface area contributed by atoms with E-state index in [1.807, 2.05) is 31.2 Å². The molecule has 0 radical (unpaired) electrons. The Morgan fingerprint density at radius 1 is 1.03 bits per heavy atom. The first-order valence-electron chi connectivity index (χ1n) is 10.6. The standard InChI is InChI=1S/C25H30N2O4/c1-5-26(6-2)15-16-27-22(18-9-7-17(3)8-10-18)21(24(29)25(27)30)23(28)19-11-13-20(31-4)14-12-19/h7-14,22,28H,5-6,15-16H2,1-4H3/b23-21+/t22-/m0/s1. The number of aliphatic hydroxyl groups excluding tert-OH is 1. The van der Waals surface area contributed by atoms with Gasteiger partial charge in [-0.3, -0.25) is 9.59 Å². The van der Waals surface area contributed by atoms with Crippen LogP contribution in [0.4, 0.5) is 0 Å². The lowest BCUT2D eigenvalue weighted by molar-refractivity contribution is -0.140. The van der Waals surface area contributed by atoms with Crippen LogP contribution in [0.15, 0.2) is 54.1 Å². The van der Waals surface area contributed by atoms with Gasteiger partial charge in [0.2, 0.25) is 0 Å². The van der Waals surface area contributed by atoms with Crippen molar-refractivity contribution in [3.05, 3.63) is 70.8 Å². The summed E-state index contributed by atoms with van der Waals surface area (Å²) < 4.78 is 5.18. The van der Waals surface area contributed by atoms with Gasteiger partial charge < -0.3 is 19.6 Å². The largest absolute Gasteiger partial charge is 0.507 e. The molecule has 2 aromatic rings. The van der Waals surface area contributed by atoms with Gasteiger partial charge in [-0.25, -0.2) is 0 Å². The van der Waals surface area contributed by atoms with Gasteiger partial charge >= 0.3 is 0 Å². The van der Waals surface area contributed by atoms with Crippen molar-refractivity contribution in [2.24, 2.45) is 0 Å². The van der Waals surface area contributed by atoms with E-state index in [1.54, 1.807) is 36.3 Å². The second-order valence-electron chi connectivity index (χ2n) is 7.66. The van der Waals surface area contributed by atoms with Crippen molar-refractivity contribution in [3.63, 3.8) is 0 Å². The Balaban J connectivity index is 2.07. The molecule has 1 aliphatic rings. The van der Waals surface area contributed by atoms with Gasteiger partial charge in [-0.15, -0.1) is 0 Å². The van der Waals surface area contributed by atoms with Crippen LogP contribution in [0.1, 0.15) is 36.6 Å². The van der Waals surface area contributed by atoms with Crippen molar-refractivity contribution in [3.8, 4) is 5.75 Å². The lowest BCUT2D eigenvalue weighted by atomic mass is 9.94. The number of amides is 1. The normalized spacial score (nSPS) is 18.1. The number of benzene rings is 2. The van der Waals surface area contributed by atoms with Crippen molar-refractivity contribution in [2.45, 2.75) is 26.8 Å². The Morgan fingerprint density at radius 2 is 1.65 bits per heavy atom. The number of nitrogens with zero attached hydrogens (tertiary/aromatic N) is 2. The number of methoxy groups -OCH3 is 1. The van der Waals surface area contributed by atoms with Crippen LogP contribution < -0.4 is 4.74 Å². The Labute approximate surface area is 183 Å². The first kappa shape index (κ1) is 22.6. The van der Waals surface area contributed by atoms with Gasteiger partial charge in [0, 0.05) is 18.7 Å². The summed E-state index contributed by atoms with van der Waals surface area (Å²) in [4.78, 5) is 29.8. The molecule has 6 nitrogen and oxygen atoms in total. The minimum Gasteiger partial charge on any atom is -0.507 e. The quantitative estimate of drug-likeness (QED) is 0.398. The number of rotatable bonds is 8. The van der Waals surface area contributed by atoms with E-state index in [-0.39, 0.29) is 11.3 Å². The summed E-state index contributed by atoms with van der Waals surface area (Å²) in [6, 6.07) is 13.9. The van der Waals surface area contributed by atoms with Crippen LogP contribution in [0.3, 0.4) is 0 Å². The summed E-state index contributed by atoms with van der Waals surface area (Å²) in [6.07, 6.45) is 0. The van der Waals surface area contributed by atoms with Crippen LogP contribution in [0.2, 0.25) is 0 Å². The number of likely N-dealkylation sites (N-methyl/N-ethyl adjacent to an activating group) is 1. The van der Waals surface area contributed by atoms with Crippen LogP contribution in [0.5, 0.6) is 5.75 Å². The Bertz CT molecular complexity index is 960. The molecular weight excluding hydrogens is 392 g/mol. The third-order valence-electron chi connectivity index (χ3n) is 5.85. The molecule has 1 fully saturated rings. The highest BCUT2D eigenvalue weighted by atomic mass is 16.5. The molecule has 2 aromatic carbocycles. The summed E-state index contributed by atoms with van der Waals surface area (Å²) in [5.41, 5.74) is 2.48. The zero-order valence-electron chi connectivity index (χ0n) is 18.6. The Hall–Kier alpha value is -3.12. The van der Waals surface area contributed by atoms with Crippen LogP contribution in [0, 0.1) is 6.92 Å². The molecule has 1 atom stereocenters. The second-order valence-corrected chi connectivity index (χ2v) is 7.66. The Kier molecular flexibility index (Phi) is 7.13. The van der Waals surface area contributed by atoms with E-state index in [4.69, 9.17) is 4.74 Å². The molecule has 164 valence electrons. The molecule has 1 N–H and O–H groups in total. The van der Waals surface area contributed by atoms with Gasteiger partial charge in [0.05, 0.1) is 18.7 Å². The van der Waals surface area contributed by atoms with Crippen molar-refractivity contribution in [1.82, 2.24) is 9.80 Å². The third-order valence-corrected chi connectivity index (χ3v) is 5.85. The molecule has 0 saturated carbocycles. The lowest BCUT2D eigenvalue weighted by Gasteiger charge is -2.28.